The molecule has 0 atom stereocenters. The number of nitrogens with zero attached hydrogens (tertiary/aromatic N) is 3. The van der Waals surface area contributed by atoms with Crippen LogP contribution in [-0.2, 0) is 6.61 Å². The lowest BCUT2D eigenvalue weighted by atomic mass is 10.2. The molecule has 0 aliphatic carbocycles. The lowest BCUT2D eigenvalue weighted by Gasteiger charge is -2.08. The molecule has 0 saturated carbocycles. The average molecular weight is 281 g/mol. The molecule has 0 saturated heterocycles. The number of hydrogen-bond donors (Lipinski definition) is 1. The van der Waals surface area contributed by atoms with Gasteiger partial charge in [-0.05, 0) is 23.8 Å². The third kappa shape index (κ3) is 2.53. The minimum absolute atomic E-state index is 0.0834. The summed E-state index contributed by atoms with van der Waals surface area (Å²) in [5.74, 6) is -2.08. The molecule has 1 aromatic carbocycles. The fraction of sp³-hybridized carbons (Fsp3) is 0.231. The molecule has 0 bridgehead atoms. The first-order chi connectivity index (χ1) is 9.43. The monoisotopic (exact) mass is 281 g/mol. The van der Waals surface area contributed by atoms with Crippen LogP contribution in [0.4, 0.5) is 8.78 Å². The second kappa shape index (κ2) is 5.38. The number of carbonyl (C=O) groups excluding carboxylic acids is 1. The molecular formula is C13H13F2N3O2. The molecule has 5 nitrogen and oxygen atoms in total. The summed E-state index contributed by atoms with van der Waals surface area (Å²) in [4.78, 5) is 13.0. The second-order valence-corrected chi connectivity index (χ2v) is 4.41. The lowest BCUT2D eigenvalue weighted by Crippen LogP contribution is -2.22. The molecule has 106 valence electrons. The zero-order valence-corrected chi connectivity index (χ0v) is 11.0. The first-order valence-electron chi connectivity index (χ1n) is 5.80. The quantitative estimate of drug-likeness (QED) is 0.923. The highest BCUT2D eigenvalue weighted by Crippen LogP contribution is 2.19. The van der Waals surface area contributed by atoms with Crippen LogP contribution in [0.2, 0.25) is 0 Å². The van der Waals surface area contributed by atoms with Crippen LogP contribution >= 0.6 is 0 Å². The Hall–Kier alpha value is -2.28. The minimum atomic E-state index is -0.860. The highest BCUT2D eigenvalue weighted by atomic mass is 19.1. The van der Waals surface area contributed by atoms with E-state index < -0.39 is 18.2 Å². The molecule has 1 aromatic heterocycles. The van der Waals surface area contributed by atoms with Gasteiger partial charge in [0.05, 0.1) is 6.61 Å². The predicted molar refractivity (Wildman–Crippen MR) is 67.4 cm³/mol. The Bertz CT molecular complexity index is 630. The maximum atomic E-state index is 13.8. The van der Waals surface area contributed by atoms with Gasteiger partial charge in [0.2, 0.25) is 0 Å². The van der Waals surface area contributed by atoms with Gasteiger partial charge in [0, 0.05) is 20.3 Å². The Kier molecular flexibility index (Phi) is 3.80. The molecule has 1 heterocycles. The number of aliphatic hydroxyl groups excluding tert-OH is 1. The predicted octanol–water partition coefficient (Wildman–Crippen LogP) is 1.34. The van der Waals surface area contributed by atoms with Gasteiger partial charge in [0.15, 0.2) is 17.3 Å². The van der Waals surface area contributed by atoms with Crippen molar-refractivity contribution in [1.82, 2.24) is 14.7 Å². The van der Waals surface area contributed by atoms with Crippen LogP contribution < -0.4 is 0 Å². The van der Waals surface area contributed by atoms with Gasteiger partial charge >= 0.3 is 0 Å². The maximum absolute atomic E-state index is 13.8. The maximum Gasteiger partial charge on any atom is 0.273 e. The summed E-state index contributed by atoms with van der Waals surface area (Å²) in [6, 6.07) is 3.42. The van der Waals surface area contributed by atoms with Crippen LogP contribution in [0.15, 0.2) is 24.4 Å². The minimum Gasteiger partial charge on any atom is -0.392 e. The highest BCUT2D eigenvalue weighted by molar-refractivity contribution is 5.91. The smallest absolute Gasteiger partial charge is 0.273 e. The van der Waals surface area contributed by atoms with Crippen molar-refractivity contribution in [2.24, 2.45) is 0 Å². The van der Waals surface area contributed by atoms with E-state index in [0.29, 0.717) is 0 Å². The van der Waals surface area contributed by atoms with E-state index in [9.17, 15) is 13.6 Å². The van der Waals surface area contributed by atoms with Gasteiger partial charge in [-0.15, -0.1) is 0 Å². The summed E-state index contributed by atoms with van der Waals surface area (Å²) in [6.45, 7) is -0.461. The highest BCUT2D eigenvalue weighted by Gasteiger charge is 2.17. The summed E-state index contributed by atoms with van der Waals surface area (Å²) in [7, 11) is 3.11. The van der Waals surface area contributed by atoms with Crippen LogP contribution in [0.5, 0.6) is 0 Å². The fourth-order valence-corrected chi connectivity index (χ4v) is 1.72. The molecule has 7 heteroatoms. The molecular weight excluding hydrogens is 268 g/mol. The first-order valence-corrected chi connectivity index (χ1v) is 5.80. The number of aromatic nitrogens is 2. The SMILES string of the molecule is CN(C)C(=O)c1ccn(-c2c(F)cc(CO)cc2F)n1. The summed E-state index contributed by atoms with van der Waals surface area (Å²) in [5.41, 5.74) is -0.180. The van der Waals surface area contributed by atoms with Crippen molar-refractivity contribution < 1.29 is 18.7 Å². The van der Waals surface area contributed by atoms with Gasteiger partial charge in [-0.25, -0.2) is 13.5 Å². The van der Waals surface area contributed by atoms with E-state index in [4.69, 9.17) is 5.11 Å². The second-order valence-electron chi connectivity index (χ2n) is 4.41. The van der Waals surface area contributed by atoms with Gasteiger partial charge in [-0.1, -0.05) is 0 Å². The van der Waals surface area contributed by atoms with E-state index in [-0.39, 0.29) is 22.9 Å². The van der Waals surface area contributed by atoms with Gasteiger partial charge < -0.3 is 10.0 Å². The van der Waals surface area contributed by atoms with Crippen molar-refractivity contribution in [3.63, 3.8) is 0 Å². The van der Waals surface area contributed by atoms with E-state index in [1.165, 1.54) is 17.2 Å². The van der Waals surface area contributed by atoms with Crippen molar-refractivity contribution in [3.8, 4) is 5.69 Å². The Balaban J connectivity index is 2.45. The molecule has 0 spiro atoms. The molecule has 0 radical (unpaired) electrons. The number of amides is 1. The molecule has 2 rings (SSSR count). The molecule has 20 heavy (non-hydrogen) atoms. The Labute approximate surface area is 114 Å². The molecule has 1 amide bonds. The number of halogens is 2. The normalized spacial score (nSPS) is 10.7. The average Bonchev–Trinajstić information content (AvgIpc) is 2.86. The zero-order valence-electron chi connectivity index (χ0n) is 11.0. The van der Waals surface area contributed by atoms with Crippen LogP contribution in [0.1, 0.15) is 16.1 Å². The van der Waals surface area contributed by atoms with E-state index in [0.717, 1.165) is 16.8 Å². The van der Waals surface area contributed by atoms with E-state index in [2.05, 4.69) is 5.10 Å². The van der Waals surface area contributed by atoms with Crippen molar-refractivity contribution in [1.29, 1.82) is 0 Å². The number of hydrogen-bond acceptors (Lipinski definition) is 3. The number of benzene rings is 1. The lowest BCUT2D eigenvalue weighted by molar-refractivity contribution is 0.0821. The zero-order chi connectivity index (χ0) is 14.9. The van der Waals surface area contributed by atoms with Gasteiger partial charge in [-0.3, -0.25) is 4.79 Å². The number of rotatable bonds is 3. The topological polar surface area (TPSA) is 58.4 Å². The van der Waals surface area contributed by atoms with Gasteiger partial charge in [-0.2, -0.15) is 5.10 Å². The number of carbonyl (C=O) groups is 1. The van der Waals surface area contributed by atoms with E-state index in [1.54, 1.807) is 14.1 Å². The standard InChI is InChI=1S/C13H13F2N3O2/c1-17(2)13(20)11-3-4-18(16-11)12-9(14)5-8(7-19)6-10(12)15/h3-6,19H,7H2,1-2H3. The van der Waals surface area contributed by atoms with E-state index in [1.807, 2.05) is 0 Å². The molecule has 0 unspecified atom stereocenters. The summed E-state index contributed by atoms with van der Waals surface area (Å²) < 4.78 is 28.7. The summed E-state index contributed by atoms with van der Waals surface area (Å²) >= 11 is 0. The first kappa shape index (κ1) is 14.1. The van der Waals surface area contributed by atoms with E-state index >= 15 is 0 Å². The van der Waals surface area contributed by atoms with Gasteiger partial charge in [0.1, 0.15) is 5.69 Å². The fourth-order valence-electron chi connectivity index (χ4n) is 1.72. The van der Waals surface area contributed by atoms with Crippen LogP contribution in [0.3, 0.4) is 0 Å². The van der Waals surface area contributed by atoms with Crippen LogP contribution in [-0.4, -0.2) is 39.8 Å². The Morgan fingerprint density at radius 2 is 1.95 bits per heavy atom. The van der Waals surface area contributed by atoms with Crippen LogP contribution in [0.25, 0.3) is 5.69 Å². The summed E-state index contributed by atoms with van der Waals surface area (Å²) in [6.07, 6.45) is 1.30. The van der Waals surface area contributed by atoms with Crippen LogP contribution in [0, 0.1) is 11.6 Å². The van der Waals surface area contributed by atoms with Gasteiger partial charge in [0.25, 0.3) is 5.91 Å². The Morgan fingerprint density at radius 1 is 1.35 bits per heavy atom. The molecule has 0 aliphatic rings. The molecule has 0 aliphatic heterocycles. The largest absolute Gasteiger partial charge is 0.392 e. The van der Waals surface area contributed by atoms with Crippen molar-refractivity contribution in [3.05, 3.63) is 47.3 Å². The molecule has 1 N–H and O–H groups in total. The van der Waals surface area contributed by atoms with Crippen molar-refractivity contribution in [2.45, 2.75) is 6.61 Å². The third-order valence-electron chi connectivity index (χ3n) is 2.70. The van der Waals surface area contributed by atoms with Crippen molar-refractivity contribution >= 4 is 5.91 Å². The molecule has 2 aromatic rings. The number of aliphatic hydroxyl groups is 1. The third-order valence-corrected chi connectivity index (χ3v) is 2.70. The summed E-state index contributed by atoms with van der Waals surface area (Å²) in [5, 5.41) is 12.7. The van der Waals surface area contributed by atoms with Crippen molar-refractivity contribution in [2.75, 3.05) is 14.1 Å². The Morgan fingerprint density at radius 3 is 2.45 bits per heavy atom. The molecule has 0 fully saturated rings.